The number of thioether (sulfide) groups is 1. The van der Waals surface area contributed by atoms with Gasteiger partial charge in [0.2, 0.25) is 0 Å². The van der Waals surface area contributed by atoms with Crippen molar-refractivity contribution in [3.63, 3.8) is 0 Å². The van der Waals surface area contributed by atoms with E-state index in [1.54, 1.807) is 0 Å². The molecule has 0 amide bonds. The summed E-state index contributed by atoms with van der Waals surface area (Å²) in [6.07, 6.45) is -4.54. The van der Waals surface area contributed by atoms with Crippen molar-refractivity contribution in [3.8, 4) is 0 Å². The van der Waals surface area contributed by atoms with Crippen LogP contribution in [0.4, 0.5) is 17.6 Å². The Kier molecular flexibility index (Phi) is 5.90. The van der Waals surface area contributed by atoms with Gasteiger partial charge in [0, 0.05) is 17.1 Å². The van der Waals surface area contributed by atoms with Crippen LogP contribution in [-0.4, -0.2) is 22.2 Å². The molecule has 0 saturated carbocycles. The first kappa shape index (κ1) is 19.5. The topological polar surface area (TPSA) is 37.3 Å². The Balaban J connectivity index is 2.10. The van der Waals surface area contributed by atoms with E-state index in [0.717, 1.165) is 12.1 Å². The molecule has 25 heavy (non-hydrogen) atoms. The summed E-state index contributed by atoms with van der Waals surface area (Å²) in [4.78, 5) is 12.5. The smallest absolute Gasteiger partial charge is 0.381 e. The van der Waals surface area contributed by atoms with Crippen molar-refractivity contribution in [2.75, 3.05) is 5.75 Å². The van der Waals surface area contributed by atoms with Gasteiger partial charge in [0.15, 0.2) is 5.78 Å². The van der Waals surface area contributed by atoms with Gasteiger partial charge in [-0.25, -0.2) is 4.39 Å². The van der Waals surface area contributed by atoms with Crippen LogP contribution in [0.1, 0.15) is 18.1 Å². The van der Waals surface area contributed by atoms with Gasteiger partial charge in [-0.05, 0) is 48.9 Å². The fourth-order valence-electron chi connectivity index (χ4n) is 2.16. The van der Waals surface area contributed by atoms with E-state index in [1.807, 2.05) is 0 Å². The van der Waals surface area contributed by atoms with E-state index in [2.05, 4.69) is 0 Å². The Bertz CT molecular complexity index is 726. The molecule has 0 unspecified atom stereocenters. The monoisotopic (exact) mass is 372 g/mol. The van der Waals surface area contributed by atoms with Gasteiger partial charge in [-0.1, -0.05) is 12.1 Å². The number of aliphatic hydroxyl groups is 1. The zero-order valence-corrected chi connectivity index (χ0v) is 14.1. The van der Waals surface area contributed by atoms with Gasteiger partial charge in [-0.3, -0.25) is 4.79 Å². The summed E-state index contributed by atoms with van der Waals surface area (Å²) < 4.78 is 50.7. The summed E-state index contributed by atoms with van der Waals surface area (Å²) in [5.74, 6) is -0.868. The lowest BCUT2D eigenvalue weighted by atomic mass is 9.92. The SMILES string of the molecule is CC(=O)[C@@](O)(CSc1ccc(F)cc1)Cc1ccc(C(F)(F)F)cc1. The molecule has 2 nitrogen and oxygen atoms in total. The van der Waals surface area contributed by atoms with Crippen LogP contribution in [0.2, 0.25) is 0 Å². The molecule has 0 fully saturated rings. The highest BCUT2D eigenvalue weighted by Crippen LogP contribution is 2.30. The summed E-state index contributed by atoms with van der Waals surface area (Å²) in [6.45, 7) is 1.23. The Morgan fingerprint density at radius 2 is 1.60 bits per heavy atom. The van der Waals surface area contributed by atoms with Crippen molar-refractivity contribution in [2.24, 2.45) is 0 Å². The first-order valence-corrected chi connectivity index (χ1v) is 8.37. The zero-order valence-electron chi connectivity index (χ0n) is 13.3. The Labute approximate surface area is 146 Å². The Morgan fingerprint density at radius 1 is 1.04 bits per heavy atom. The number of rotatable bonds is 6. The number of alkyl halides is 3. The van der Waals surface area contributed by atoms with Gasteiger partial charge in [0.1, 0.15) is 11.4 Å². The van der Waals surface area contributed by atoms with E-state index in [0.29, 0.717) is 10.5 Å². The molecule has 0 bridgehead atoms. The molecule has 1 atom stereocenters. The second kappa shape index (κ2) is 7.58. The molecular formula is C18H16F4O2S. The summed E-state index contributed by atoms with van der Waals surface area (Å²) in [5.41, 5.74) is -2.09. The molecule has 134 valence electrons. The van der Waals surface area contributed by atoms with Crippen molar-refractivity contribution < 1.29 is 27.5 Å². The molecule has 0 aliphatic rings. The maximum atomic E-state index is 12.9. The van der Waals surface area contributed by atoms with Crippen molar-refractivity contribution in [2.45, 2.75) is 30.0 Å². The summed E-state index contributed by atoms with van der Waals surface area (Å²) in [5, 5.41) is 10.6. The molecule has 7 heteroatoms. The average molecular weight is 372 g/mol. The predicted molar refractivity (Wildman–Crippen MR) is 87.9 cm³/mol. The van der Waals surface area contributed by atoms with E-state index in [4.69, 9.17) is 0 Å². The number of ketones is 1. The van der Waals surface area contributed by atoms with Gasteiger partial charge in [-0.15, -0.1) is 11.8 Å². The molecule has 0 spiro atoms. The zero-order chi connectivity index (χ0) is 18.7. The van der Waals surface area contributed by atoms with Crippen LogP contribution in [0.25, 0.3) is 0 Å². The van der Waals surface area contributed by atoms with Crippen molar-refractivity contribution >= 4 is 17.5 Å². The van der Waals surface area contributed by atoms with Crippen LogP contribution >= 0.6 is 11.8 Å². The van der Waals surface area contributed by atoms with Crippen LogP contribution in [0.3, 0.4) is 0 Å². The van der Waals surface area contributed by atoms with Gasteiger partial charge in [0.05, 0.1) is 5.56 Å². The van der Waals surface area contributed by atoms with E-state index in [-0.39, 0.29) is 12.2 Å². The highest BCUT2D eigenvalue weighted by molar-refractivity contribution is 7.99. The number of carbonyl (C=O) groups excluding carboxylic acids is 1. The first-order chi connectivity index (χ1) is 11.6. The van der Waals surface area contributed by atoms with Crippen LogP contribution in [0.15, 0.2) is 53.4 Å². The molecule has 0 radical (unpaired) electrons. The minimum atomic E-state index is -4.44. The van der Waals surface area contributed by atoms with E-state index >= 15 is 0 Å². The molecule has 0 heterocycles. The average Bonchev–Trinajstić information content (AvgIpc) is 2.54. The molecule has 0 aliphatic carbocycles. The lowest BCUT2D eigenvalue weighted by Crippen LogP contribution is -2.42. The van der Waals surface area contributed by atoms with E-state index in [1.165, 1.54) is 55.1 Å². The van der Waals surface area contributed by atoms with Crippen molar-refractivity contribution in [1.82, 2.24) is 0 Å². The predicted octanol–water partition coefficient (Wildman–Crippen LogP) is 4.50. The second-order valence-corrected chi connectivity index (χ2v) is 6.75. The third-order valence-electron chi connectivity index (χ3n) is 3.72. The van der Waals surface area contributed by atoms with Crippen LogP contribution in [-0.2, 0) is 17.4 Å². The second-order valence-electron chi connectivity index (χ2n) is 5.70. The number of halogens is 4. The van der Waals surface area contributed by atoms with Crippen molar-refractivity contribution in [1.29, 1.82) is 0 Å². The lowest BCUT2D eigenvalue weighted by molar-refractivity contribution is -0.137. The maximum Gasteiger partial charge on any atom is 0.416 e. The number of benzene rings is 2. The fraction of sp³-hybridized carbons (Fsp3) is 0.278. The number of carbonyl (C=O) groups is 1. The minimum absolute atomic E-state index is 0.00892. The van der Waals surface area contributed by atoms with Crippen LogP contribution < -0.4 is 0 Å². The third kappa shape index (κ3) is 5.31. The van der Waals surface area contributed by atoms with Gasteiger partial charge in [0.25, 0.3) is 0 Å². The molecule has 2 aromatic rings. The Morgan fingerprint density at radius 3 is 2.08 bits per heavy atom. The van der Waals surface area contributed by atoms with Crippen LogP contribution in [0, 0.1) is 5.82 Å². The normalized spacial score (nSPS) is 14.2. The number of Topliss-reactive ketones (excluding diaryl/α,β-unsaturated/α-hetero) is 1. The molecule has 0 saturated heterocycles. The lowest BCUT2D eigenvalue weighted by Gasteiger charge is -2.25. The molecule has 2 aromatic carbocycles. The van der Waals surface area contributed by atoms with Gasteiger partial charge in [-0.2, -0.15) is 13.2 Å². The molecule has 1 N–H and O–H groups in total. The van der Waals surface area contributed by atoms with Gasteiger partial charge < -0.3 is 5.11 Å². The highest BCUT2D eigenvalue weighted by atomic mass is 32.2. The number of hydrogen-bond donors (Lipinski definition) is 1. The quantitative estimate of drug-likeness (QED) is 0.599. The number of hydrogen-bond acceptors (Lipinski definition) is 3. The molecular weight excluding hydrogens is 356 g/mol. The summed E-state index contributed by atoms with van der Waals surface area (Å²) in [7, 11) is 0. The van der Waals surface area contributed by atoms with Gasteiger partial charge >= 0.3 is 6.18 Å². The largest absolute Gasteiger partial charge is 0.416 e. The third-order valence-corrected chi connectivity index (χ3v) is 4.95. The van der Waals surface area contributed by atoms with E-state index in [9.17, 15) is 27.5 Å². The fourth-order valence-corrected chi connectivity index (χ4v) is 3.20. The molecule has 0 aromatic heterocycles. The van der Waals surface area contributed by atoms with Crippen LogP contribution in [0.5, 0.6) is 0 Å². The minimum Gasteiger partial charge on any atom is -0.381 e. The molecule has 0 aliphatic heterocycles. The highest BCUT2D eigenvalue weighted by Gasteiger charge is 2.34. The maximum absolute atomic E-state index is 12.9. The van der Waals surface area contributed by atoms with Crippen molar-refractivity contribution in [3.05, 3.63) is 65.5 Å². The molecule has 2 rings (SSSR count). The van der Waals surface area contributed by atoms with E-state index < -0.39 is 28.9 Å². The summed E-state index contributed by atoms with van der Waals surface area (Å²) in [6, 6.07) is 9.93. The summed E-state index contributed by atoms with van der Waals surface area (Å²) >= 11 is 1.17. The standard InChI is InChI=1S/C18H16F4O2S/c1-12(23)17(24,11-25-16-8-6-15(19)7-9-16)10-13-2-4-14(5-3-13)18(20,21)22/h2-9,24H,10-11H2,1H3/t17-/m0/s1. The Hall–Kier alpha value is -1.86. The first-order valence-electron chi connectivity index (χ1n) is 7.38.